The van der Waals surface area contributed by atoms with Crippen molar-refractivity contribution in [2.75, 3.05) is 23.7 Å². The molecule has 14 heavy (non-hydrogen) atoms. The number of hydrogen-bond donors (Lipinski definition) is 1. The summed E-state index contributed by atoms with van der Waals surface area (Å²) in [6.45, 7) is 6.71. The lowest BCUT2D eigenvalue weighted by Gasteiger charge is -2.47. The fraction of sp³-hybridized carbons (Fsp3) is 0.455. The van der Waals surface area contributed by atoms with Crippen molar-refractivity contribution in [1.82, 2.24) is 0 Å². The topological polar surface area (TPSA) is 29.3 Å². The number of nitrogen functional groups attached to an aromatic ring is 1. The molecule has 2 N–H and O–H groups in total. The van der Waals surface area contributed by atoms with Crippen LogP contribution < -0.4 is 10.6 Å². The molecule has 0 saturated carbocycles. The van der Waals surface area contributed by atoms with Crippen molar-refractivity contribution in [1.29, 1.82) is 0 Å². The Labute approximate surface area is 89.7 Å². The summed E-state index contributed by atoms with van der Waals surface area (Å²) in [5.41, 5.74) is 7.91. The molecule has 0 unspecified atom stereocenters. The molecule has 3 heteroatoms. The van der Waals surface area contributed by atoms with Gasteiger partial charge in [-0.15, -0.1) is 0 Å². The normalized spacial score (nSPS) is 19.2. The second-order valence-corrected chi connectivity index (χ2v) is 5.13. The molecular formula is C11H15ClN2. The Bertz CT molecular complexity index is 352. The summed E-state index contributed by atoms with van der Waals surface area (Å²) in [7, 11) is 0. The molecule has 2 nitrogen and oxygen atoms in total. The molecule has 1 heterocycles. The molecule has 0 bridgehead atoms. The standard InChI is InChI=1S/C11H15ClN2/c1-11(2)6-14(7-11)8-3-4-10(13)9(12)5-8/h3-5H,6-7,13H2,1-2H3. The van der Waals surface area contributed by atoms with Gasteiger partial charge in [-0.2, -0.15) is 0 Å². The molecule has 76 valence electrons. The first-order valence-corrected chi connectivity index (χ1v) is 5.16. The van der Waals surface area contributed by atoms with Crippen molar-refractivity contribution in [2.45, 2.75) is 13.8 Å². The second kappa shape index (κ2) is 3.06. The number of nitrogens with two attached hydrogens (primary N) is 1. The maximum atomic E-state index is 5.96. The summed E-state index contributed by atoms with van der Waals surface area (Å²) in [6.07, 6.45) is 0. The molecule has 1 aliphatic rings. The van der Waals surface area contributed by atoms with E-state index in [9.17, 15) is 0 Å². The van der Waals surface area contributed by atoms with Crippen LogP contribution in [0.4, 0.5) is 11.4 Å². The van der Waals surface area contributed by atoms with Crippen molar-refractivity contribution in [2.24, 2.45) is 5.41 Å². The first-order valence-electron chi connectivity index (χ1n) is 4.78. The van der Waals surface area contributed by atoms with Crippen LogP contribution in [0.5, 0.6) is 0 Å². The smallest absolute Gasteiger partial charge is 0.0656 e. The Hall–Kier alpha value is -0.890. The average Bonchev–Trinajstić information content (AvgIpc) is 2.06. The average molecular weight is 211 g/mol. The number of hydrogen-bond acceptors (Lipinski definition) is 2. The molecule has 0 aliphatic carbocycles. The molecule has 1 fully saturated rings. The first-order chi connectivity index (χ1) is 6.48. The van der Waals surface area contributed by atoms with Crippen molar-refractivity contribution in [3.05, 3.63) is 23.2 Å². The van der Waals surface area contributed by atoms with E-state index in [1.54, 1.807) is 0 Å². The number of rotatable bonds is 1. The highest BCUT2D eigenvalue weighted by Gasteiger charge is 2.34. The predicted molar refractivity (Wildman–Crippen MR) is 61.9 cm³/mol. The van der Waals surface area contributed by atoms with Crippen LogP contribution in [0.15, 0.2) is 18.2 Å². The highest BCUT2D eigenvalue weighted by molar-refractivity contribution is 6.33. The van der Waals surface area contributed by atoms with Gasteiger partial charge in [0.25, 0.3) is 0 Å². The van der Waals surface area contributed by atoms with E-state index in [-0.39, 0.29) is 0 Å². The van der Waals surface area contributed by atoms with E-state index in [0.717, 1.165) is 13.1 Å². The first kappa shape index (κ1) is 9.66. The van der Waals surface area contributed by atoms with E-state index >= 15 is 0 Å². The van der Waals surface area contributed by atoms with Crippen LogP contribution in [0.2, 0.25) is 5.02 Å². The summed E-state index contributed by atoms with van der Waals surface area (Å²) in [5.74, 6) is 0. The van der Waals surface area contributed by atoms with E-state index in [0.29, 0.717) is 16.1 Å². The fourth-order valence-electron chi connectivity index (χ4n) is 1.88. The van der Waals surface area contributed by atoms with E-state index in [2.05, 4.69) is 18.7 Å². The van der Waals surface area contributed by atoms with Gasteiger partial charge in [0.1, 0.15) is 0 Å². The van der Waals surface area contributed by atoms with Gasteiger partial charge in [-0.05, 0) is 23.6 Å². The summed E-state index contributed by atoms with van der Waals surface area (Å²) in [4.78, 5) is 2.31. The van der Waals surface area contributed by atoms with Gasteiger partial charge in [0.15, 0.2) is 0 Å². The minimum Gasteiger partial charge on any atom is -0.398 e. The zero-order chi connectivity index (χ0) is 10.3. The van der Waals surface area contributed by atoms with Gasteiger partial charge in [0.2, 0.25) is 0 Å². The third-order valence-corrected chi connectivity index (χ3v) is 2.91. The second-order valence-electron chi connectivity index (χ2n) is 4.73. The monoisotopic (exact) mass is 210 g/mol. The predicted octanol–water partition coefficient (Wildman–Crippen LogP) is 2.77. The van der Waals surface area contributed by atoms with Gasteiger partial charge in [-0.3, -0.25) is 0 Å². The van der Waals surface area contributed by atoms with Crippen LogP contribution in [0.3, 0.4) is 0 Å². The Morgan fingerprint density at radius 2 is 2.00 bits per heavy atom. The van der Waals surface area contributed by atoms with Gasteiger partial charge >= 0.3 is 0 Å². The van der Waals surface area contributed by atoms with Gasteiger partial charge < -0.3 is 10.6 Å². The number of benzene rings is 1. The van der Waals surface area contributed by atoms with E-state index < -0.39 is 0 Å². The molecule has 1 aliphatic heterocycles. The highest BCUT2D eigenvalue weighted by Crippen LogP contribution is 2.35. The Kier molecular flexibility index (Phi) is 2.11. The van der Waals surface area contributed by atoms with Crippen molar-refractivity contribution >= 4 is 23.0 Å². The van der Waals surface area contributed by atoms with Crippen LogP contribution in [0, 0.1) is 5.41 Å². The molecule has 0 aromatic heterocycles. The van der Waals surface area contributed by atoms with Crippen LogP contribution in [-0.4, -0.2) is 13.1 Å². The fourth-order valence-corrected chi connectivity index (χ4v) is 2.06. The molecular weight excluding hydrogens is 196 g/mol. The Balaban J connectivity index is 2.16. The molecule has 0 spiro atoms. The lowest BCUT2D eigenvalue weighted by Crippen LogP contribution is -2.53. The van der Waals surface area contributed by atoms with Gasteiger partial charge in [-0.1, -0.05) is 25.4 Å². The van der Waals surface area contributed by atoms with Gasteiger partial charge in [0, 0.05) is 18.8 Å². The zero-order valence-electron chi connectivity index (χ0n) is 8.55. The Morgan fingerprint density at radius 1 is 1.36 bits per heavy atom. The lowest BCUT2D eigenvalue weighted by molar-refractivity contribution is 0.276. The maximum absolute atomic E-state index is 5.96. The molecule has 1 aromatic rings. The summed E-state index contributed by atoms with van der Waals surface area (Å²) >= 11 is 5.96. The summed E-state index contributed by atoms with van der Waals surface area (Å²) in [6, 6.07) is 5.82. The van der Waals surface area contributed by atoms with Crippen molar-refractivity contribution in [3.8, 4) is 0 Å². The summed E-state index contributed by atoms with van der Waals surface area (Å²) in [5, 5.41) is 0.646. The Morgan fingerprint density at radius 3 is 2.50 bits per heavy atom. The molecule has 0 amide bonds. The largest absolute Gasteiger partial charge is 0.398 e. The minimum atomic E-state index is 0.438. The number of nitrogens with zero attached hydrogens (tertiary/aromatic N) is 1. The third-order valence-electron chi connectivity index (χ3n) is 2.59. The van der Waals surface area contributed by atoms with E-state index in [1.165, 1.54) is 5.69 Å². The quantitative estimate of drug-likeness (QED) is 0.723. The molecule has 1 saturated heterocycles. The van der Waals surface area contributed by atoms with Crippen LogP contribution >= 0.6 is 11.6 Å². The van der Waals surface area contributed by atoms with Gasteiger partial charge in [0.05, 0.1) is 10.7 Å². The van der Waals surface area contributed by atoms with Crippen molar-refractivity contribution < 1.29 is 0 Å². The maximum Gasteiger partial charge on any atom is 0.0656 e. The molecule has 0 radical (unpaired) electrons. The van der Waals surface area contributed by atoms with Crippen LogP contribution in [0.1, 0.15) is 13.8 Å². The zero-order valence-corrected chi connectivity index (χ0v) is 9.30. The highest BCUT2D eigenvalue weighted by atomic mass is 35.5. The number of halogens is 1. The molecule has 0 atom stereocenters. The SMILES string of the molecule is CC1(C)CN(c2ccc(N)c(Cl)c2)C1. The summed E-state index contributed by atoms with van der Waals surface area (Å²) < 4.78 is 0. The van der Waals surface area contributed by atoms with Crippen LogP contribution in [-0.2, 0) is 0 Å². The number of anilines is 2. The van der Waals surface area contributed by atoms with Crippen molar-refractivity contribution in [3.63, 3.8) is 0 Å². The van der Waals surface area contributed by atoms with Crippen LogP contribution in [0.25, 0.3) is 0 Å². The molecule has 2 rings (SSSR count). The lowest BCUT2D eigenvalue weighted by atomic mass is 9.84. The van der Waals surface area contributed by atoms with E-state index in [1.807, 2.05) is 18.2 Å². The third kappa shape index (κ3) is 1.67. The molecule has 1 aromatic carbocycles. The minimum absolute atomic E-state index is 0.438. The van der Waals surface area contributed by atoms with Gasteiger partial charge in [-0.25, -0.2) is 0 Å². The van der Waals surface area contributed by atoms with E-state index in [4.69, 9.17) is 17.3 Å².